The van der Waals surface area contributed by atoms with E-state index in [-0.39, 0.29) is 17.9 Å². The van der Waals surface area contributed by atoms with E-state index in [0.29, 0.717) is 25.2 Å². The van der Waals surface area contributed by atoms with Crippen LogP contribution in [0.4, 0.5) is 0 Å². The number of likely N-dealkylation sites (tertiary alicyclic amines) is 1. The van der Waals surface area contributed by atoms with Gasteiger partial charge < -0.3 is 14.8 Å². The zero-order chi connectivity index (χ0) is 24.7. The molecule has 1 amide bonds. The summed E-state index contributed by atoms with van der Waals surface area (Å²) < 4.78 is 2.09. The molecule has 36 heavy (non-hydrogen) atoms. The smallest absolute Gasteiger partial charge is 0.227 e. The Balaban J connectivity index is 1.30. The number of rotatable bonds is 9. The zero-order valence-corrected chi connectivity index (χ0v) is 20.0. The van der Waals surface area contributed by atoms with Crippen LogP contribution in [0.1, 0.15) is 40.4 Å². The maximum absolute atomic E-state index is 13.5. The van der Waals surface area contributed by atoms with Crippen molar-refractivity contribution in [3.63, 3.8) is 0 Å². The first-order valence-electron chi connectivity index (χ1n) is 12.2. The molecule has 5 rings (SSSR count). The molecule has 4 aromatic rings. The number of nitriles is 1. The molecule has 7 heteroatoms. The van der Waals surface area contributed by atoms with Gasteiger partial charge in [0.2, 0.25) is 5.91 Å². The Morgan fingerprint density at radius 3 is 2.47 bits per heavy atom. The highest BCUT2D eigenvalue weighted by atomic mass is 16.2. The summed E-state index contributed by atoms with van der Waals surface area (Å²) in [5, 5.41) is 12.7. The second-order valence-corrected chi connectivity index (χ2v) is 9.10. The van der Waals surface area contributed by atoms with E-state index < -0.39 is 0 Å². The predicted octanol–water partition coefficient (Wildman–Crippen LogP) is 4.08. The van der Waals surface area contributed by atoms with E-state index in [1.165, 1.54) is 0 Å². The van der Waals surface area contributed by atoms with Crippen LogP contribution in [-0.4, -0.2) is 31.9 Å². The largest absolute Gasteiger partial charge is 0.338 e. The third-order valence-corrected chi connectivity index (χ3v) is 6.76. The van der Waals surface area contributed by atoms with Crippen molar-refractivity contribution in [3.8, 4) is 6.07 Å². The number of nitrogens with one attached hydrogen (secondary N) is 1. The van der Waals surface area contributed by atoms with Gasteiger partial charge in [-0.2, -0.15) is 5.26 Å². The average molecular weight is 477 g/mol. The van der Waals surface area contributed by atoms with Crippen LogP contribution >= 0.6 is 0 Å². The molecular weight excluding hydrogens is 448 g/mol. The maximum Gasteiger partial charge on any atom is 0.227 e. The number of pyridine rings is 1. The Morgan fingerprint density at radius 2 is 1.72 bits per heavy atom. The molecular formula is C29H28N6O. The van der Waals surface area contributed by atoms with Crippen molar-refractivity contribution in [2.45, 2.75) is 32.1 Å². The molecule has 1 saturated heterocycles. The SMILES string of the molecule is N#Cc1ccc(Cn2cncc2CN[C@@H](c2ccncc2)C2CCN(Cc3ccccc3)C2=O)cc1. The second-order valence-electron chi connectivity index (χ2n) is 9.10. The molecule has 0 spiro atoms. The van der Waals surface area contributed by atoms with Crippen molar-refractivity contribution in [1.29, 1.82) is 5.26 Å². The van der Waals surface area contributed by atoms with Gasteiger partial charge in [-0.15, -0.1) is 0 Å². The van der Waals surface area contributed by atoms with Crippen LogP contribution in [0.2, 0.25) is 0 Å². The normalized spacial score (nSPS) is 16.1. The third kappa shape index (κ3) is 5.35. The van der Waals surface area contributed by atoms with Crippen molar-refractivity contribution in [1.82, 2.24) is 24.8 Å². The van der Waals surface area contributed by atoms with Gasteiger partial charge >= 0.3 is 0 Å². The number of aromatic nitrogens is 3. The lowest BCUT2D eigenvalue weighted by atomic mass is 9.92. The Morgan fingerprint density at radius 1 is 0.972 bits per heavy atom. The minimum Gasteiger partial charge on any atom is -0.338 e. The minimum absolute atomic E-state index is 0.125. The van der Waals surface area contributed by atoms with Crippen molar-refractivity contribution in [3.05, 3.63) is 120 Å². The van der Waals surface area contributed by atoms with E-state index in [9.17, 15) is 4.79 Å². The first-order chi connectivity index (χ1) is 17.7. The van der Waals surface area contributed by atoms with Crippen LogP contribution < -0.4 is 5.32 Å². The van der Waals surface area contributed by atoms with E-state index in [0.717, 1.165) is 35.3 Å². The number of hydrogen-bond donors (Lipinski definition) is 1. The molecule has 1 unspecified atom stereocenters. The Hall–Kier alpha value is -4.28. The molecule has 7 nitrogen and oxygen atoms in total. The van der Waals surface area contributed by atoms with E-state index >= 15 is 0 Å². The summed E-state index contributed by atoms with van der Waals surface area (Å²) in [6.45, 7) is 2.62. The van der Waals surface area contributed by atoms with Crippen molar-refractivity contribution < 1.29 is 4.79 Å². The van der Waals surface area contributed by atoms with E-state index in [1.807, 2.05) is 72.0 Å². The van der Waals surface area contributed by atoms with Crippen molar-refractivity contribution in [2.24, 2.45) is 5.92 Å². The predicted molar refractivity (Wildman–Crippen MR) is 136 cm³/mol. The van der Waals surface area contributed by atoms with Gasteiger partial charge in [0.05, 0.1) is 29.6 Å². The van der Waals surface area contributed by atoms with Gasteiger partial charge in [-0.05, 0) is 47.4 Å². The molecule has 0 radical (unpaired) electrons. The number of nitrogens with zero attached hydrogens (tertiary/aromatic N) is 5. The van der Waals surface area contributed by atoms with Gasteiger partial charge in [-0.3, -0.25) is 9.78 Å². The van der Waals surface area contributed by atoms with Crippen molar-refractivity contribution in [2.75, 3.05) is 6.54 Å². The number of carbonyl (C=O) groups excluding carboxylic acids is 1. The summed E-state index contributed by atoms with van der Waals surface area (Å²) in [7, 11) is 0. The zero-order valence-electron chi connectivity index (χ0n) is 20.0. The van der Waals surface area contributed by atoms with Gasteiger partial charge in [-0.1, -0.05) is 42.5 Å². The first-order valence-corrected chi connectivity index (χ1v) is 12.2. The quantitative estimate of drug-likeness (QED) is 0.393. The van der Waals surface area contributed by atoms with Crippen LogP contribution in [0.5, 0.6) is 0 Å². The topological polar surface area (TPSA) is 86.8 Å². The second kappa shape index (κ2) is 11.0. The Bertz CT molecular complexity index is 1330. The fraction of sp³-hybridized carbons (Fsp3) is 0.241. The molecule has 1 fully saturated rings. The average Bonchev–Trinajstić information content (AvgIpc) is 3.52. The summed E-state index contributed by atoms with van der Waals surface area (Å²) in [6.07, 6.45) is 8.04. The van der Waals surface area contributed by atoms with Gasteiger partial charge in [-0.25, -0.2) is 4.98 Å². The van der Waals surface area contributed by atoms with Crippen LogP contribution in [0.15, 0.2) is 91.6 Å². The van der Waals surface area contributed by atoms with Crippen LogP contribution in [0.25, 0.3) is 0 Å². The Labute approximate surface area is 211 Å². The van der Waals surface area contributed by atoms with E-state index in [2.05, 4.69) is 38.1 Å². The highest BCUT2D eigenvalue weighted by molar-refractivity contribution is 5.81. The summed E-state index contributed by atoms with van der Waals surface area (Å²) >= 11 is 0. The molecule has 2 atom stereocenters. The first kappa shape index (κ1) is 23.5. The fourth-order valence-corrected chi connectivity index (χ4v) is 4.83. The number of carbonyl (C=O) groups is 1. The van der Waals surface area contributed by atoms with E-state index in [4.69, 9.17) is 5.26 Å². The van der Waals surface area contributed by atoms with Crippen molar-refractivity contribution >= 4 is 5.91 Å². The maximum atomic E-state index is 13.5. The molecule has 1 N–H and O–H groups in total. The fourth-order valence-electron chi connectivity index (χ4n) is 4.83. The molecule has 180 valence electrons. The van der Waals surface area contributed by atoms with Crippen LogP contribution in [0.3, 0.4) is 0 Å². The summed E-state index contributed by atoms with van der Waals surface area (Å²) in [6, 6.07) is 23.7. The van der Waals surface area contributed by atoms with Crippen LogP contribution in [-0.2, 0) is 24.4 Å². The molecule has 0 saturated carbocycles. The lowest BCUT2D eigenvalue weighted by molar-refractivity contribution is -0.132. The van der Waals surface area contributed by atoms with Gasteiger partial charge in [0.15, 0.2) is 0 Å². The molecule has 2 aromatic heterocycles. The highest BCUT2D eigenvalue weighted by Crippen LogP contribution is 2.32. The number of benzene rings is 2. The molecule has 1 aliphatic heterocycles. The van der Waals surface area contributed by atoms with Gasteiger partial charge in [0.25, 0.3) is 0 Å². The molecule has 2 aromatic carbocycles. The highest BCUT2D eigenvalue weighted by Gasteiger charge is 2.37. The molecule has 0 aliphatic carbocycles. The van der Waals surface area contributed by atoms with Crippen LogP contribution in [0, 0.1) is 17.2 Å². The van der Waals surface area contributed by atoms with E-state index in [1.54, 1.807) is 12.4 Å². The van der Waals surface area contributed by atoms with Gasteiger partial charge in [0, 0.05) is 50.8 Å². The lowest BCUT2D eigenvalue weighted by Gasteiger charge is -2.25. The lowest BCUT2D eigenvalue weighted by Crippen LogP contribution is -2.35. The Kier molecular flexibility index (Phi) is 7.15. The summed E-state index contributed by atoms with van der Waals surface area (Å²) in [4.78, 5) is 24.0. The monoisotopic (exact) mass is 476 g/mol. The third-order valence-electron chi connectivity index (χ3n) is 6.76. The molecule has 1 aliphatic rings. The van der Waals surface area contributed by atoms with Gasteiger partial charge in [0.1, 0.15) is 0 Å². The minimum atomic E-state index is -0.147. The molecule has 3 heterocycles. The summed E-state index contributed by atoms with van der Waals surface area (Å²) in [5.41, 5.74) is 4.98. The standard InChI is InChI=1S/C29H28N6O/c30-16-22-6-8-24(9-7-22)20-35-21-32-17-26(35)18-33-28(25-10-13-31-14-11-25)27-12-15-34(29(27)36)19-23-4-2-1-3-5-23/h1-11,13-14,17,21,27-28,33H,12,15,18-20H2/t27?,28-/m0/s1. The summed E-state index contributed by atoms with van der Waals surface area (Å²) in [5.74, 6) is 0.0327. The number of imidazole rings is 1. The number of hydrogen-bond acceptors (Lipinski definition) is 5. The number of amides is 1. The molecule has 0 bridgehead atoms.